The molecule has 2 N–H and O–H groups in total. The summed E-state index contributed by atoms with van der Waals surface area (Å²) in [5.74, 6) is 0.900. The smallest absolute Gasteiger partial charge is 0.325 e. The molecule has 28 heavy (non-hydrogen) atoms. The molecule has 2 heterocycles. The molecule has 2 aliphatic heterocycles. The summed E-state index contributed by atoms with van der Waals surface area (Å²) in [7, 11) is 0. The second-order valence-corrected chi connectivity index (χ2v) is 6.97. The first-order valence-corrected chi connectivity index (χ1v) is 9.42. The molecule has 0 saturated heterocycles. The highest BCUT2D eigenvalue weighted by atomic mass is 16.6. The molecule has 2 aromatic carbocycles. The van der Waals surface area contributed by atoms with Gasteiger partial charge in [-0.3, -0.25) is 15.0 Å². The van der Waals surface area contributed by atoms with E-state index in [0.717, 1.165) is 13.0 Å². The molecule has 1 unspecified atom stereocenters. The van der Waals surface area contributed by atoms with Crippen molar-refractivity contribution in [3.63, 3.8) is 0 Å². The Balaban J connectivity index is 1.34. The highest BCUT2D eigenvalue weighted by Crippen LogP contribution is 2.32. The van der Waals surface area contributed by atoms with Crippen molar-refractivity contribution in [2.45, 2.75) is 25.9 Å². The minimum atomic E-state index is -0.564. The van der Waals surface area contributed by atoms with Crippen LogP contribution in [0.1, 0.15) is 18.1 Å². The van der Waals surface area contributed by atoms with Gasteiger partial charge in [0.05, 0.1) is 6.04 Å². The van der Waals surface area contributed by atoms with Gasteiger partial charge in [0.25, 0.3) is 0 Å². The fourth-order valence-electron chi connectivity index (χ4n) is 3.51. The molecule has 0 radical (unpaired) electrons. The first-order chi connectivity index (χ1) is 13.6. The number of benzene rings is 2. The lowest BCUT2D eigenvalue weighted by molar-refractivity contribution is -0.125. The molecule has 0 saturated carbocycles. The van der Waals surface area contributed by atoms with Crippen LogP contribution in [0.25, 0.3) is 0 Å². The van der Waals surface area contributed by atoms with Gasteiger partial charge >= 0.3 is 6.03 Å². The van der Waals surface area contributed by atoms with E-state index in [0.29, 0.717) is 36.9 Å². The van der Waals surface area contributed by atoms with E-state index < -0.39 is 12.1 Å². The maximum Gasteiger partial charge on any atom is 0.325 e. The van der Waals surface area contributed by atoms with Crippen LogP contribution in [0.4, 0.5) is 10.5 Å². The van der Waals surface area contributed by atoms with Crippen molar-refractivity contribution in [3.05, 3.63) is 53.6 Å². The maximum atomic E-state index is 12.5. The zero-order valence-electron chi connectivity index (χ0n) is 15.7. The molecule has 0 fully saturated rings. The van der Waals surface area contributed by atoms with Crippen LogP contribution in [0, 0.1) is 0 Å². The summed E-state index contributed by atoms with van der Waals surface area (Å²) in [5.41, 5.74) is 3.09. The highest BCUT2D eigenvalue weighted by molar-refractivity contribution is 6.02. The number of urea groups is 1. The van der Waals surface area contributed by atoms with Crippen LogP contribution in [-0.4, -0.2) is 42.6 Å². The average molecular weight is 381 g/mol. The third-order valence-corrected chi connectivity index (χ3v) is 5.12. The van der Waals surface area contributed by atoms with Gasteiger partial charge in [-0.1, -0.05) is 24.3 Å². The van der Waals surface area contributed by atoms with Crippen LogP contribution in [0.15, 0.2) is 42.5 Å². The molecule has 7 heteroatoms. The Morgan fingerprint density at radius 2 is 1.79 bits per heavy atom. The third kappa shape index (κ3) is 3.94. The normalized spacial score (nSPS) is 16.6. The number of nitrogens with zero attached hydrogens (tertiary/aromatic N) is 1. The molecule has 3 amide bonds. The summed E-state index contributed by atoms with van der Waals surface area (Å²) in [5, 5.41) is 5.10. The van der Waals surface area contributed by atoms with Gasteiger partial charge in [0.15, 0.2) is 11.5 Å². The molecule has 0 bridgehead atoms. The molecule has 0 spiro atoms. The SMILES string of the molecule is CC(C(=O)NC(=O)Nc1ccc2c(c1)OCCO2)N1CCc2ccccc2C1. The van der Waals surface area contributed by atoms with Crippen molar-refractivity contribution in [2.24, 2.45) is 0 Å². The number of rotatable bonds is 3. The van der Waals surface area contributed by atoms with Crippen molar-refractivity contribution in [3.8, 4) is 11.5 Å². The van der Waals surface area contributed by atoms with Gasteiger partial charge in [0.2, 0.25) is 5.91 Å². The van der Waals surface area contributed by atoms with E-state index in [1.54, 1.807) is 18.2 Å². The predicted molar refractivity (Wildman–Crippen MR) is 105 cm³/mol. The van der Waals surface area contributed by atoms with E-state index in [1.807, 2.05) is 19.1 Å². The standard InChI is InChI=1S/C21H23N3O4/c1-14(24-9-8-15-4-2-3-5-16(15)13-24)20(25)23-21(26)22-17-6-7-18-19(12-17)28-11-10-27-18/h2-7,12,14H,8-11,13H2,1H3,(H2,22,23,25,26). The highest BCUT2D eigenvalue weighted by Gasteiger charge is 2.26. The zero-order valence-corrected chi connectivity index (χ0v) is 15.7. The van der Waals surface area contributed by atoms with Crippen molar-refractivity contribution in [1.29, 1.82) is 0 Å². The number of imide groups is 1. The summed E-state index contributed by atoms with van der Waals surface area (Å²) in [4.78, 5) is 26.9. The van der Waals surface area contributed by atoms with Crippen molar-refractivity contribution in [2.75, 3.05) is 25.1 Å². The van der Waals surface area contributed by atoms with E-state index in [9.17, 15) is 9.59 Å². The Labute approximate surface area is 163 Å². The largest absolute Gasteiger partial charge is 0.486 e. The first kappa shape index (κ1) is 18.3. The van der Waals surface area contributed by atoms with Gasteiger partial charge in [-0.2, -0.15) is 0 Å². The van der Waals surface area contributed by atoms with Crippen LogP contribution < -0.4 is 20.1 Å². The summed E-state index contributed by atoms with van der Waals surface area (Å²) in [6.07, 6.45) is 0.900. The Morgan fingerprint density at radius 3 is 2.61 bits per heavy atom. The molecule has 7 nitrogen and oxygen atoms in total. The van der Waals surface area contributed by atoms with Crippen LogP contribution in [0.5, 0.6) is 11.5 Å². The maximum absolute atomic E-state index is 12.5. The topological polar surface area (TPSA) is 79.9 Å². The Kier molecular flexibility index (Phi) is 5.16. The lowest BCUT2D eigenvalue weighted by Crippen LogP contribution is -2.49. The zero-order chi connectivity index (χ0) is 19.5. The number of nitrogens with one attached hydrogen (secondary N) is 2. The molecule has 0 aliphatic carbocycles. The lowest BCUT2D eigenvalue weighted by atomic mass is 9.99. The molecule has 2 aromatic rings. The Morgan fingerprint density at radius 1 is 1.04 bits per heavy atom. The number of amides is 3. The van der Waals surface area contributed by atoms with Crippen molar-refractivity contribution >= 4 is 17.6 Å². The van der Waals surface area contributed by atoms with Crippen LogP contribution >= 0.6 is 0 Å². The summed E-state index contributed by atoms with van der Waals surface area (Å²) in [6, 6.07) is 12.4. The molecule has 2 aliphatic rings. The van der Waals surface area contributed by atoms with Crippen molar-refractivity contribution < 1.29 is 19.1 Å². The van der Waals surface area contributed by atoms with E-state index >= 15 is 0 Å². The predicted octanol–water partition coefficient (Wildman–Crippen LogP) is 2.55. The average Bonchev–Trinajstić information content (AvgIpc) is 2.72. The number of hydrogen-bond acceptors (Lipinski definition) is 5. The minimum absolute atomic E-state index is 0.325. The van der Waals surface area contributed by atoms with Crippen LogP contribution in [0.2, 0.25) is 0 Å². The molecule has 146 valence electrons. The van der Waals surface area contributed by atoms with E-state index in [4.69, 9.17) is 9.47 Å². The van der Waals surface area contributed by atoms with Gasteiger partial charge in [-0.05, 0) is 36.6 Å². The second kappa shape index (κ2) is 7.90. The van der Waals surface area contributed by atoms with Gasteiger partial charge < -0.3 is 14.8 Å². The summed E-state index contributed by atoms with van der Waals surface area (Å²) in [6.45, 7) is 4.29. The summed E-state index contributed by atoms with van der Waals surface area (Å²) < 4.78 is 11.0. The van der Waals surface area contributed by atoms with E-state index in [2.05, 4.69) is 27.7 Å². The van der Waals surface area contributed by atoms with E-state index in [-0.39, 0.29) is 5.91 Å². The van der Waals surface area contributed by atoms with Crippen LogP contribution in [0.3, 0.4) is 0 Å². The third-order valence-electron chi connectivity index (χ3n) is 5.12. The molecule has 1 atom stereocenters. The number of fused-ring (bicyclic) bond motifs is 2. The molecular formula is C21H23N3O4. The van der Waals surface area contributed by atoms with Gasteiger partial charge in [-0.25, -0.2) is 4.79 Å². The molecule has 0 aromatic heterocycles. The number of carbonyl (C=O) groups is 2. The lowest BCUT2D eigenvalue weighted by Gasteiger charge is -2.32. The van der Waals surface area contributed by atoms with Crippen molar-refractivity contribution in [1.82, 2.24) is 10.2 Å². The number of hydrogen-bond donors (Lipinski definition) is 2. The Hall–Kier alpha value is -3.06. The van der Waals surface area contributed by atoms with Crippen LogP contribution in [-0.2, 0) is 17.8 Å². The molecule has 4 rings (SSSR count). The molecular weight excluding hydrogens is 358 g/mol. The van der Waals surface area contributed by atoms with E-state index in [1.165, 1.54) is 11.1 Å². The fourth-order valence-corrected chi connectivity index (χ4v) is 3.51. The fraction of sp³-hybridized carbons (Fsp3) is 0.333. The number of carbonyl (C=O) groups excluding carboxylic acids is 2. The minimum Gasteiger partial charge on any atom is -0.486 e. The number of anilines is 1. The van der Waals surface area contributed by atoms with Gasteiger partial charge in [0, 0.05) is 24.8 Å². The second-order valence-electron chi connectivity index (χ2n) is 6.97. The quantitative estimate of drug-likeness (QED) is 0.854. The van der Waals surface area contributed by atoms with Gasteiger partial charge in [-0.15, -0.1) is 0 Å². The summed E-state index contributed by atoms with van der Waals surface area (Å²) >= 11 is 0. The van der Waals surface area contributed by atoms with Gasteiger partial charge in [0.1, 0.15) is 13.2 Å². The monoisotopic (exact) mass is 381 g/mol. The number of ether oxygens (including phenoxy) is 2. The Bertz CT molecular complexity index is 899. The first-order valence-electron chi connectivity index (χ1n) is 9.42.